The van der Waals surface area contributed by atoms with Gasteiger partial charge in [-0.25, -0.2) is 0 Å². The Labute approximate surface area is 210 Å². The number of carbonyl (C=O) groups is 2. The third kappa shape index (κ3) is 4.01. The smallest absolute Gasteiger partial charge is 0.280 e. The standard InChI is InChI=1S/C27H20ClN3O5/c1-3-31-20-13-10-16(28)14-19(20)25(33)23(30-31)27(34)29-22-18-6-4-5-7-21(18)36-26(22)24(32)15-8-11-17(35-2)12-9-15/h4-14H,3H2,1-2H3,(H,29,34). The third-order valence-electron chi connectivity index (χ3n) is 5.82. The molecule has 0 bridgehead atoms. The first kappa shape index (κ1) is 23.3. The maximum absolute atomic E-state index is 13.4. The van der Waals surface area contributed by atoms with Crippen LogP contribution in [0.2, 0.25) is 5.02 Å². The fraction of sp³-hybridized carbons (Fsp3) is 0.111. The lowest BCUT2D eigenvalue weighted by Crippen LogP contribution is -2.27. The van der Waals surface area contributed by atoms with Crippen LogP contribution in [-0.4, -0.2) is 28.6 Å². The summed E-state index contributed by atoms with van der Waals surface area (Å²) in [5.41, 5.74) is 0.593. The average Bonchev–Trinajstić information content (AvgIpc) is 3.27. The van der Waals surface area contributed by atoms with Crippen LogP contribution in [0.25, 0.3) is 21.9 Å². The molecule has 36 heavy (non-hydrogen) atoms. The fourth-order valence-electron chi connectivity index (χ4n) is 4.03. The molecule has 2 aromatic heterocycles. The van der Waals surface area contributed by atoms with Gasteiger partial charge in [0, 0.05) is 22.5 Å². The molecule has 0 atom stereocenters. The number of fused-ring (bicyclic) bond motifs is 2. The molecule has 5 aromatic rings. The first-order valence-electron chi connectivity index (χ1n) is 11.1. The number of aromatic nitrogens is 2. The van der Waals surface area contributed by atoms with Crippen molar-refractivity contribution in [3.63, 3.8) is 0 Å². The van der Waals surface area contributed by atoms with Gasteiger partial charge in [0.25, 0.3) is 5.91 Å². The summed E-state index contributed by atoms with van der Waals surface area (Å²) in [5, 5.41) is 8.15. The number of furan rings is 1. The molecule has 0 aliphatic rings. The Morgan fingerprint density at radius 2 is 1.81 bits per heavy atom. The second-order valence-corrected chi connectivity index (χ2v) is 8.41. The van der Waals surface area contributed by atoms with Gasteiger partial charge in [-0.15, -0.1) is 0 Å². The Morgan fingerprint density at radius 1 is 1.06 bits per heavy atom. The highest BCUT2D eigenvalue weighted by Crippen LogP contribution is 2.33. The highest BCUT2D eigenvalue weighted by Gasteiger charge is 2.26. The number of anilines is 1. The molecule has 2 heterocycles. The Kier molecular flexibility index (Phi) is 6.03. The number of methoxy groups -OCH3 is 1. The number of rotatable bonds is 6. The number of nitrogens with zero attached hydrogens (tertiary/aromatic N) is 2. The van der Waals surface area contributed by atoms with E-state index in [9.17, 15) is 14.4 Å². The molecule has 0 saturated heterocycles. The van der Waals surface area contributed by atoms with Crippen LogP contribution in [0.15, 0.2) is 75.9 Å². The molecular formula is C27H20ClN3O5. The minimum absolute atomic E-state index is 0.0608. The lowest BCUT2D eigenvalue weighted by atomic mass is 10.1. The van der Waals surface area contributed by atoms with Gasteiger partial charge in [-0.2, -0.15) is 5.10 Å². The number of para-hydroxylation sites is 1. The predicted molar refractivity (Wildman–Crippen MR) is 137 cm³/mol. The first-order chi connectivity index (χ1) is 17.4. The Balaban J connectivity index is 1.61. The van der Waals surface area contributed by atoms with Crippen molar-refractivity contribution in [3.8, 4) is 5.75 Å². The first-order valence-corrected chi connectivity index (χ1v) is 11.5. The van der Waals surface area contributed by atoms with E-state index < -0.39 is 17.1 Å². The molecule has 0 radical (unpaired) electrons. The number of ketones is 1. The zero-order chi connectivity index (χ0) is 25.4. The number of hydrogen-bond acceptors (Lipinski definition) is 6. The van der Waals surface area contributed by atoms with Crippen LogP contribution in [0.5, 0.6) is 5.75 Å². The molecule has 0 aliphatic heterocycles. The summed E-state index contributed by atoms with van der Waals surface area (Å²) >= 11 is 6.10. The lowest BCUT2D eigenvalue weighted by Gasteiger charge is -2.11. The lowest BCUT2D eigenvalue weighted by molar-refractivity contribution is 0.101. The Hall–Kier alpha value is -4.43. The van der Waals surface area contributed by atoms with Gasteiger partial charge in [-0.05, 0) is 61.5 Å². The van der Waals surface area contributed by atoms with E-state index in [4.69, 9.17) is 20.8 Å². The Morgan fingerprint density at radius 3 is 2.53 bits per heavy atom. The highest BCUT2D eigenvalue weighted by molar-refractivity contribution is 6.31. The molecule has 1 N–H and O–H groups in total. The van der Waals surface area contributed by atoms with Crippen molar-refractivity contribution >= 4 is 50.9 Å². The van der Waals surface area contributed by atoms with E-state index in [0.29, 0.717) is 39.4 Å². The quantitative estimate of drug-likeness (QED) is 0.316. The number of hydrogen-bond donors (Lipinski definition) is 1. The van der Waals surface area contributed by atoms with Crippen molar-refractivity contribution in [1.29, 1.82) is 0 Å². The second kappa shape index (κ2) is 9.31. The maximum atomic E-state index is 13.4. The highest BCUT2D eigenvalue weighted by atomic mass is 35.5. The summed E-state index contributed by atoms with van der Waals surface area (Å²) < 4.78 is 12.6. The van der Waals surface area contributed by atoms with Gasteiger partial charge in [-0.1, -0.05) is 23.7 Å². The average molecular weight is 502 g/mol. The zero-order valence-electron chi connectivity index (χ0n) is 19.4. The molecule has 0 fully saturated rings. The van der Waals surface area contributed by atoms with Gasteiger partial charge >= 0.3 is 0 Å². The van der Waals surface area contributed by atoms with E-state index >= 15 is 0 Å². The van der Waals surface area contributed by atoms with E-state index in [1.165, 1.54) is 13.2 Å². The number of benzene rings is 3. The number of ether oxygens (including phenoxy) is 1. The van der Waals surface area contributed by atoms with Crippen LogP contribution in [-0.2, 0) is 6.54 Å². The maximum Gasteiger partial charge on any atom is 0.280 e. The minimum Gasteiger partial charge on any atom is -0.497 e. The monoisotopic (exact) mass is 501 g/mol. The fourth-order valence-corrected chi connectivity index (χ4v) is 4.20. The summed E-state index contributed by atoms with van der Waals surface area (Å²) in [7, 11) is 1.53. The largest absolute Gasteiger partial charge is 0.497 e. The van der Waals surface area contributed by atoms with E-state index in [0.717, 1.165) is 0 Å². The van der Waals surface area contributed by atoms with E-state index in [2.05, 4.69) is 10.4 Å². The molecular weight excluding hydrogens is 482 g/mol. The molecule has 0 spiro atoms. The van der Waals surface area contributed by atoms with Crippen LogP contribution in [0, 0.1) is 0 Å². The summed E-state index contributed by atoms with van der Waals surface area (Å²) in [5.74, 6) is -0.665. The van der Waals surface area contributed by atoms with Crippen molar-refractivity contribution < 1.29 is 18.7 Å². The number of amides is 1. The zero-order valence-corrected chi connectivity index (χ0v) is 20.1. The van der Waals surface area contributed by atoms with Gasteiger partial charge in [0.2, 0.25) is 11.2 Å². The predicted octanol–water partition coefficient (Wildman–Crippen LogP) is 5.31. The van der Waals surface area contributed by atoms with Crippen molar-refractivity contribution in [3.05, 3.63) is 99.0 Å². The van der Waals surface area contributed by atoms with Crippen LogP contribution in [0.3, 0.4) is 0 Å². The van der Waals surface area contributed by atoms with Crippen molar-refractivity contribution in [2.45, 2.75) is 13.5 Å². The van der Waals surface area contributed by atoms with Crippen molar-refractivity contribution in [2.75, 3.05) is 12.4 Å². The number of carbonyl (C=O) groups excluding carboxylic acids is 2. The third-order valence-corrected chi connectivity index (χ3v) is 6.06. The summed E-state index contributed by atoms with van der Waals surface area (Å²) in [6.07, 6.45) is 0. The van der Waals surface area contributed by atoms with Crippen LogP contribution in [0.1, 0.15) is 33.5 Å². The summed E-state index contributed by atoms with van der Waals surface area (Å²) in [6, 6.07) is 18.3. The molecule has 9 heteroatoms. The number of aryl methyl sites for hydroxylation is 1. The van der Waals surface area contributed by atoms with Crippen molar-refractivity contribution in [2.24, 2.45) is 0 Å². The van der Waals surface area contributed by atoms with Crippen LogP contribution >= 0.6 is 11.6 Å². The Bertz CT molecular complexity index is 1700. The molecule has 8 nitrogen and oxygen atoms in total. The molecule has 0 unspecified atom stereocenters. The summed E-state index contributed by atoms with van der Waals surface area (Å²) in [4.78, 5) is 39.9. The normalized spacial score (nSPS) is 11.1. The topological polar surface area (TPSA) is 103 Å². The SMILES string of the molecule is CCn1nc(C(=O)Nc2c(C(=O)c3ccc(OC)cc3)oc3ccccc23)c(=O)c2cc(Cl)ccc21. The van der Waals surface area contributed by atoms with E-state index in [1.807, 2.05) is 6.92 Å². The van der Waals surface area contributed by atoms with E-state index in [-0.39, 0.29) is 22.5 Å². The van der Waals surface area contributed by atoms with Gasteiger partial charge in [0.1, 0.15) is 11.3 Å². The van der Waals surface area contributed by atoms with E-state index in [1.54, 1.807) is 65.3 Å². The summed E-state index contributed by atoms with van der Waals surface area (Å²) in [6.45, 7) is 2.27. The minimum atomic E-state index is -0.764. The molecule has 180 valence electrons. The van der Waals surface area contributed by atoms with Gasteiger partial charge in [0.05, 0.1) is 23.7 Å². The van der Waals surface area contributed by atoms with Crippen LogP contribution in [0.4, 0.5) is 5.69 Å². The van der Waals surface area contributed by atoms with Gasteiger partial charge < -0.3 is 14.5 Å². The molecule has 3 aromatic carbocycles. The number of nitrogens with one attached hydrogen (secondary N) is 1. The molecule has 0 saturated carbocycles. The molecule has 5 rings (SSSR count). The van der Waals surface area contributed by atoms with Crippen LogP contribution < -0.4 is 15.5 Å². The van der Waals surface area contributed by atoms with Gasteiger partial charge in [-0.3, -0.25) is 19.1 Å². The molecule has 1 amide bonds. The van der Waals surface area contributed by atoms with Crippen molar-refractivity contribution in [1.82, 2.24) is 9.78 Å². The number of halogens is 1. The second-order valence-electron chi connectivity index (χ2n) is 7.97. The molecule has 0 aliphatic carbocycles. The van der Waals surface area contributed by atoms with Gasteiger partial charge in [0.15, 0.2) is 11.5 Å².